The summed E-state index contributed by atoms with van der Waals surface area (Å²) in [5.41, 5.74) is 2.30. The van der Waals surface area contributed by atoms with Gasteiger partial charge in [0, 0.05) is 16.7 Å². The highest BCUT2D eigenvalue weighted by molar-refractivity contribution is 14.1. The molecule has 1 aromatic heterocycles. The van der Waals surface area contributed by atoms with Crippen LogP contribution >= 0.6 is 22.6 Å². The van der Waals surface area contributed by atoms with Gasteiger partial charge in [-0.1, -0.05) is 0 Å². The van der Waals surface area contributed by atoms with Crippen LogP contribution in [-0.2, 0) is 0 Å². The van der Waals surface area contributed by atoms with Gasteiger partial charge in [0.05, 0.1) is 18.4 Å². The Morgan fingerprint density at radius 2 is 1.94 bits per heavy atom. The maximum absolute atomic E-state index is 13.2. The summed E-state index contributed by atoms with van der Waals surface area (Å²) in [5.74, 6) is 1.35. The smallest absolute Gasteiger partial charge is 0.259 e. The molecule has 1 aromatic carbocycles. The second kappa shape index (κ2) is 8.48. The van der Waals surface area contributed by atoms with Gasteiger partial charge in [-0.25, -0.2) is 0 Å². The van der Waals surface area contributed by atoms with Crippen LogP contribution in [0.1, 0.15) is 55.3 Å². The van der Waals surface area contributed by atoms with E-state index in [1.54, 1.807) is 19.2 Å². The summed E-state index contributed by atoms with van der Waals surface area (Å²) < 4.78 is 12.5. The number of carbonyl (C=O) groups is 1. The second-order valence-corrected chi connectivity index (χ2v) is 10.2. The summed E-state index contributed by atoms with van der Waals surface area (Å²) >= 11 is 2.32. The topological polar surface area (TPSA) is 63.7 Å². The van der Waals surface area contributed by atoms with Crippen molar-refractivity contribution in [3.05, 3.63) is 39.5 Å². The third-order valence-electron chi connectivity index (χ3n) is 6.94. The number of nitrogens with zero attached hydrogens (tertiary/aromatic N) is 2. The van der Waals surface area contributed by atoms with E-state index >= 15 is 0 Å². The summed E-state index contributed by atoms with van der Waals surface area (Å²) in [6.45, 7) is 2.03. The van der Waals surface area contributed by atoms with Crippen LogP contribution < -0.4 is 19.7 Å². The Balaban J connectivity index is 1.35. The fourth-order valence-corrected chi connectivity index (χ4v) is 4.90. The number of piperidine rings is 1. The lowest BCUT2D eigenvalue weighted by Crippen LogP contribution is -2.35. The zero-order valence-electron chi connectivity index (χ0n) is 17.8. The predicted octanol–water partition coefficient (Wildman–Crippen LogP) is 5.26. The fourth-order valence-electron chi connectivity index (χ4n) is 4.42. The summed E-state index contributed by atoms with van der Waals surface area (Å²) in [4.78, 5) is 20.1. The molecule has 5 rings (SSSR count). The molecule has 0 radical (unpaired) electrons. The summed E-state index contributed by atoms with van der Waals surface area (Å²) in [5, 5.41) is 2.97. The van der Waals surface area contributed by atoms with Crippen molar-refractivity contribution in [2.24, 2.45) is 5.41 Å². The van der Waals surface area contributed by atoms with Gasteiger partial charge in [-0.2, -0.15) is 4.98 Å². The van der Waals surface area contributed by atoms with Crippen LogP contribution in [0.5, 0.6) is 11.6 Å². The van der Waals surface area contributed by atoms with E-state index in [2.05, 4.69) is 43.9 Å². The molecule has 3 fully saturated rings. The number of pyridine rings is 1. The number of amides is 1. The van der Waals surface area contributed by atoms with E-state index in [1.165, 1.54) is 32.1 Å². The van der Waals surface area contributed by atoms with E-state index in [4.69, 9.17) is 9.47 Å². The molecular formula is C24H28IN3O3. The van der Waals surface area contributed by atoms with Gasteiger partial charge >= 0.3 is 0 Å². The molecule has 1 amide bonds. The molecule has 1 spiro atoms. The molecule has 31 heavy (non-hydrogen) atoms. The summed E-state index contributed by atoms with van der Waals surface area (Å²) in [7, 11) is 1.60. The molecule has 2 aliphatic carbocycles. The average Bonchev–Trinajstić information content (AvgIpc) is 3.50. The molecule has 2 saturated carbocycles. The van der Waals surface area contributed by atoms with Crippen molar-refractivity contribution in [3.8, 4) is 11.6 Å². The largest absolute Gasteiger partial charge is 0.491 e. The van der Waals surface area contributed by atoms with Crippen LogP contribution in [0.15, 0.2) is 30.3 Å². The molecule has 6 nitrogen and oxygen atoms in total. The number of benzene rings is 1. The van der Waals surface area contributed by atoms with Crippen LogP contribution in [0, 0.1) is 8.99 Å². The Kier molecular flexibility index (Phi) is 5.71. The maximum Gasteiger partial charge on any atom is 0.259 e. The number of carbonyl (C=O) groups excluding carboxylic acids is 1. The number of anilines is 2. The third kappa shape index (κ3) is 4.47. The van der Waals surface area contributed by atoms with Gasteiger partial charge in [0.25, 0.3) is 11.8 Å². The Morgan fingerprint density at radius 3 is 2.58 bits per heavy atom. The monoisotopic (exact) mass is 533 g/mol. The minimum atomic E-state index is -0.148. The van der Waals surface area contributed by atoms with E-state index in [0.29, 0.717) is 28.4 Å². The van der Waals surface area contributed by atoms with Crippen molar-refractivity contribution in [1.29, 1.82) is 0 Å². The SMILES string of the molecule is COc1ccc(NC(=O)c2ccc(I)cc2N2CCC3(CC2)CC3)nc1OC1CCC1. The highest BCUT2D eigenvalue weighted by Crippen LogP contribution is 2.54. The van der Waals surface area contributed by atoms with Crippen molar-refractivity contribution >= 4 is 40.0 Å². The Bertz CT molecular complexity index is 978. The molecule has 1 saturated heterocycles. The first-order chi connectivity index (χ1) is 15.0. The highest BCUT2D eigenvalue weighted by atomic mass is 127. The number of methoxy groups -OCH3 is 1. The summed E-state index contributed by atoms with van der Waals surface area (Å²) in [6, 6.07) is 9.58. The van der Waals surface area contributed by atoms with Crippen LogP contribution in [0.3, 0.4) is 0 Å². The number of ether oxygens (including phenoxy) is 2. The van der Waals surface area contributed by atoms with Crippen LogP contribution in [-0.4, -0.2) is 37.2 Å². The quantitative estimate of drug-likeness (QED) is 0.514. The molecule has 164 valence electrons. The van der Waals surface area contributed by atoms with Gasteiger partial charge in [-0.3, -0.25) is 4.79 Å². The zero-order chi connectivity index (χ0) is 21.4. The first kappa shape index (κ1) is 20.8. The lowest BCUT2D eigenvalue weighted by Gasteiger charge is -2.35. The van der Waals surface area contributed by atoms with Gasteiger partial charge in [0.2, 0.25) is 0 Å². The second-order valence-electron chi connectivity index (χ2n) is 8.98. The molecule has 0 atom stereocenters. The van der Waals surface area contributed by atoms with E-state index in [1.807, 2.05) is 12.1 Å². The average molecular weight is 533 g/mol. The molecule has 0 bridgehead atoms. The van der Waals surface area contributed by atoms with Gasteiger partial charge in [0.1, 0.15) is 11.9 Å². The standard InChI is InChI=1S/C24H28IN3O3/c1-30-20-7-8-21(27-23(20)31-17-3-2-4-17)26-22(29)18-6-5-16(25)15-19(18)28-13-11-24(9-10-24)12-14-28/h5-8,15,17H,2-4,9-14H2,1H3,(H,26,27,29). The lowest BCUT2D eigenvalue weighted by molar-refractivity contribution is 0.102. The van der Waals surface area contributed by atoms with E-state index in [0.717, 1.165) is 35.2 Å². The molecular weight excluding hydrogens is 505 g/mol. The van der Waals surface area contributed by atoms with E-state index in [-0.39, 0.29) is 12.0 Å². The molecule has 1 N–H and O–H groups in total. The minimum absolute atomic E-state index is 0.148. The Labute approximate surface area is 196 Å². The van der Waals surface area contributed by atoms with Crippen LogP contribution in [0.2, 0.25) is 0 Å². The Hall–Kier alpha value is -2.03. The van der Waals surface area contributed by atoms with Crippen molar-refractivity contribution in [3.63, 3.8) is 0 Å². The van der Waals surface area contributed by atoms with E-state index < -0.39 is 0 Å². The van der Waals surface area contributed by atoms with Gasteiger partial charge in [-0.15, -0.1) is 0 Å². The van der Waals surface area contributed by atoms with Gasteiger partial charge in [0.15, 0.2) is 5.75 Å². The molecule has 1 aliphatic heterocycles. The normalized spacial score (nSPS) is 19.6. The van der Waals surface area contributed by atoms with Crippen molar-refractivity contribution < 1.29 is 14.3 Å². The number of hydrogen-bond acceptors (Lipinski definition) is 5. The summed E-state index contributed by atoms with van der Waals surface area (Å²) in [6.07, 6.45) is 8.61. The fraction of sp³-hybridized carbons (Fsp3) is 0.500. The van der Waals surface area contributed by atoms with Crippen molar-refractivity contribution in [2.75, 3.05) is 30.4 Å². The number of aromatic nitrogens is 1. The first-order valence-electron chi connectivity index (χ1n) is 11.1. The predicted molar refractivity (Wildman–Crippen MR) is 129 cm³/mol. The highest BCUT2D eigenvalue weighted by Gasteiger charge is 2.44. The van der Waals surface area contributed by atoms with E-state index in [9.17, 15) is 4.79 Å². The van der Waals surface area contributed by atoms with Crippen molar-refractivity contribution in [2.45, 2.75) is 51.0 Å². The molecule has 2 aromatic rings. The lowest BCUT2D eigenvalue weighted by atomic mass is 9.93. The van der Waals surface area contributed by atoms with Gasteiger partial charge < -0.3 is 19.7 Å². The Morgan fingerprint density at radius 1 is 1.16 bits per heavy atom. The van der Waals surface area contributed by atoms with Crippen molar-refractivity contribution in [1.82, 2.24) is 4.98 Å². The number of rotatable bonds is 6. The minimum Gasteiger partial charge on any atom is -0.491 e. The third-order valence-corrected chi connectivity index (χ3v) is 7.61. The van der Waals surface area contributed by atoms with Crippen LogP contribution in [0.4, 0.5) is 11.5 Å². The molecule has 7 heteroatoms. The molecule has 0 unspecified atom stereocenters. The zero-order valence-corrected chi connectivity index (χ0v) is 20.0. The number of halogens is 1. The number of nitrogens with one attached hydrogen (secondary N) is 1. The molecule has 2 heterocycles. The first-order valence-corrected chi connectivity index (χ1v) is 12.2. The molecule has 3 aliphatic rings. The number of hydrogen-bond donors (Lipinski definition) is 1. The van der Waals surface area contributed by atoms with Gasteiger partial charge in [-0.05, 0) is 103 Å². The maximum atomic E-state index is 13.2. The van der Waals surface area contributed by atoms with Crippen LogP contribution in [0.25, 0.3) is 0 Å².